The van der Waals surface area contributed by atoms with Gasteiger partial charge < -0.3 is 9.80 Å². The first kappa shape index (κ1) is 14.9. The van der Waals surface area contributed by atoms with Gasteiger partial charge in [0.1, 0.15) is 0 Å². The van der Waals surface area contributed by atoms with Gasteiger partial charge in [0.25, 0.3) is 0 Å². The van der Waals surface area contributed by atoms with E-state index in [4.69, 9.17) is 0 Å². The highest BCUT2D eigenvalue weighted by Gasteiger charge is 2.26. The Hall–Kier alpha value is -1.49. The fraction of sp³-hybridized carbons (Fsp3) is 0.467. The predicted octanol–water partition coefficient (Wildman–Crippen LogP) is 1.22. The van der Waals surface area contributed by atoms with Gasteiger partial charge in [-0.3, -0.25) is 9.59 Å². The fourth-order valence-electron chi connectivity index (χ4n) is 2.38. The van der Waals surface area contributed by atoms with E-state index in [1.54, 1.807) is 16.7 Å². The maximum Gasteiger partial charge on any atom is 0.235 e. The van der Waals surface area contributed by atoms with Crippen molar-refractivity contribution in [2.75, 3.05) is 26.2 Å². The maximum atomic E-state index is 12.3. The van der Waals surface area contributed by atoms with E-state index in [0.717, 1.165) is 5.56 Å². The van der Waals surface area contributed by atoms with Crippen LogP contribution in [0.4, 0.5) is 0 Å². The summed E-state index contributed by atoms with van der Waals surface area (Å²) in [6, 6.07) is 9.89. The molecule has 0 aromatic heterocycles. The summed E-state index contributed by atoms with van der Waals surface area (Å²) in [4.78, 5) is 27.2. The molecule has 0 aliphatic carbocycles. The van der Waals surface area contributed by atoms with Crippen LogP contribution in [0.3, 0.4) is 0 Å². The Morgan fingerprint density at radius 3 is 2.20 bits per heavy atom. The second-order valence-corrected chi connectivity index (χ2v) is 5.66. The highest BCUT2D eigenvalue weighted by Crippen LogP contribution is 2.12. The molecule has 4 nitrogen and oxygen atoms in total. The molecular weight excluding hydrogens is 272 g/mol. The quantitative estimate of drug-likeness (QED) is 0.851. The van der Waals surface area contributed by atoms with Crippen LogP contribution in [0.25, 0.3) is 0 Å². The molecule has 1 unspecified atom stereocenters. The zero-order valence-corrected chi connectivity index (χ0v) is 12.6. The van der Waals surface area contributed by atoms with Crippen LogP contribution >= 0.6 is 12.6 Å². The zero-order valence-electron chi connectivity index (χ0n) is 11.7. The van der Waals surface area contributed by atoms with E-state index in [-0.39, 0.29) is 17.1 Å². The van der Waals surface area contributed by atoms with Gasteiger partial charge in [-0.15, -0.1) is 0 Å². The molecule has 1 atom stereocenters. The molecule has 20 heavy (non-hydrogen) atoms. The molecule has 0 bridgehead atoms. The third-order valence-corrected chi connectivity index (χ3v) is 4.00. The van der Waals surface area contributed by atoms with Gasteiger partial charge in [-0.05, 0) is 12.0 Å². The number of benzene rings is 1. The molecule has 2 rings (SSSR count). The monoisotopic (exact) mass is 292 g/mol. The lowest BCUT2D eigenvalue weighted by Crippen LogP contribution is -2.52. The van der Waals surface area contributed by atoms with E-state index < -0.39 is 0 Å². The minimum absolute atomic E-state index is 0.0559. The van der Waals surface area contributed by atoms with Crippen LogP contribution in [0.5, 0.6) is 0 Å². The normalized spacial score (nSPS) is 16.9. The second-order valence-electron chi connectivity index (χ2n) is 5.04. The number of thiol groups is 1. The third-order valence-electron chi connectivity index (χ3n) is 3.59. The number of hydrogen-bond donors (Lipinski definition) is 1. The lowest BCUT2D eigenvalue weighted by molar-refractivity contribution is -0.138. The number of hydrogen-bond acceptors (Lipinski definition) is 3. The van der Waals surface area contributed by atoms with Crippen LogP contribution in [-0.4, -0.2) is 53.0 Å². The van der Waals surface area contributed by atoms with Crippen LogP contribution in [0, 0.1) is 0 Å². The molecule has 0 radical (unpaired) electrons. The standard InChI is InChI=1S/C15H20N2O2S/c1-12(18)16-7-9-17(10-8-16)15(19)14(20)11-13-5-3-2-4-6-13/h2-6,14,20H,7-11H2,1H3. The van der Waals surface area contributed by atoms with Crippen molar-refractivity contribution in [1.29, 1.82) is 0 Å². The van der Waals surface area contributed by atoms with E-state index >= 15 is 0 Å². The van der Waals surface area contributed by atoms with Crippen molar-refractivity contribution in [3.8, 4) is 0 Å². The molecular formula is C15H20N2O2S. The van der Waals surface area contributed by atoms with Crippen LogP contribution < -0.4 is 0 Å². The summed E-state index contributed by atoms with van der Waals surface area (Å²) in [7, 11) is 0. The highest BCUT2D eigenvalue weighted by molar-refractivity contribution is 7.81. The van der Waals surface area contributed by atoms with Gasteiger partial charge in [-0.25, -0.2) is 0 Å². The van der Waals surface area contributed by atoms with Crippen LogP contribution in [0.1, 0.15) is 12.5 Å². The molecule has 1 aliphatic heterocycles. The number of carbonyl (C=O) groups is 2. The first-order valence-electron chi connectivity index (χ1n) is 6.84. The Morgan fingerprint density at radius 1 is 1.10 bits per heavy atom. The summed E-state index contributed by atoms with van der Waals surface area (Å²) in [5.41, 5.74) is 1.11. The van der Waals surface area contributed by atoms with Crippen molar-refractivity contribution in [3.63, 3.8) is 0 Å². The molecule has 1 aliphatic rings. The number of carbonyl (C=O) groups excluding carboxylic acids is 2. The zero-order chi connectivity index (χ0) is 14.5. The van der Waals surface area contributed by atoms with E-state index in [1.807, 2.05) is 30.3 Å². The lowest BCUT2D eigenvalue weighted by atomic mass is 10.1. The van der Waals surface area contributed by atoms with Gasteiger partial charge in [0.2, 0.25) is 11.8 Å². The molecule has 0 spiro atoms. The summed E-state index contributed by atoms with van der Waals surface area (Å²) in [6.07, 6.45) is 0.635. The van der Waals surface area contributed by atoms with Crippen molar-refractivity contribution in [1.82, 2.24) is 9.80 Å². The van der Waals surface area contributed by atoms with E-state index in [9.17, 15) is 9.59 Å². The molecule has 2 amide bonds. The number of rotatable bonds is 3. The average molecular weight is 292 g/mol. The molecule has 1 aromatic carbocycles. The van der Waals surface area contributed by atoms with Crippen molar-refractivity contribution in [2.24, 2.45) is 0 Å². The number of nitrogens with zero attached hydrogens (tertiary/aromatic N) is 2. The average Bonchev–Trinajstić information content (AvgIpc) is 2.47. The molecule has 0 saturated carbocycles. The molecule has 1 aromatic rings. The second kappa shape index (κ2) is 6.79. The smallest absolute Gasteiger partial charge is 0.235 e. The third kappa shape index (κ3) is 3.76. The number of amides is 2. The lowest BCUT2D eigenvalue weighted by Gasteiger charge is -2.35. The van der Waals surface area contributed by atoms with Crippen molar-refractivity contribution in [2.45, 2.75) is 18.6 Å². The first-order chi connectivity index (χ1) is 9.58. The van der Waals surface area contributed by atoms with Gasteiger partial charge in [-0.1, -0.05) is 30.3 Å². The Balaban J connectivity index is 1.87. The van der Waals surface area contributed by atoms with Gasteiger partial charge >= 0.3 is 0 Å². The van der Waals surface area contributed by atoms with Gasteiger partial charge in [0.05, 0.1) is 5.25 Å². The summed E-state index contributed by atoms with van der Waals surface area (Å²) in [5.74, 6) is 0.129. The molecule has 0 N–H and O–H groups in total. The Kier molecular flexibility index (Phi) is 5.06. The minimum atomic E-state index is -0.318. The van der Waals surface area contributed by atoms with E-state index in [1.165, 1.54) is 0 Å². The summed E-state index contributed by atoms with van der Waals surface area (Å²) in [6.45, 7) is 4.00. The maximum absolute atomic E-state index is 12.3. The van der Waals surface area contributed by atoms with Crippen molar-refractivity contribution in [3.05, 3.63) is 35.9 Å². The summed E-state index contributed by atoms with van der Waals surface area (Å²) >= 11 is 4.44. The van der Waals surface area contributed by atoms with Crippen molar-refractivity contribution < 1.29 is 9.59 Å². The first-order valence-corrected chi connectivity index (χ1v) is 7.36. The van der Waals surface area contributed by atoms with Crippen LogP contribution in [0.15, 0.2) is 30.3 Å². The fourth-order valence-corrected chi connectivity index (χ4v) is 2.75. The molecule has 1 saturated heterocycles. The summed E-state index contributed by atoms with van der Waals surface area (Å²) in [5, 5.41) is -0.318. The van der Waals surface area contributed by atoms with E-state index in [2.05, 4.69) is 12.6 Å². The van der Waals surface area contributed by atoms with Gasteiger partial charge in [0.15, 0.2) is 0 Å². The molecule has 1 fully saturated rings. The van der Waals surface area contributed by atoms with Gasteiger partial charge in [0, 0.05) is 33.1 Å². The Morgan fingerprint density at radius 2 is 1.65 bits per heavy atom. The predicted molar refractivity (Wildman–Crippen MR) is 81.8 cm³/mol. The number of piperazine rings is 1. The summed E-state index contributed by atoms with van der Waals surface area (Å²) < 4.78 is 0. The Bertz CT molecular complexity index is 470. The minimum Gasteiger partial charge on any atom is -0.339 e. The van der Waals surface area contributed by atoms with E-state index in [0.29, 0.717) is 32.6 Å². The van der Waals surface area contributed by atoms with Crippen LogP contribution in [0.2, 0.25) is 0 Å². The Labute approximate surface area is 125 Å². The topological polar surface area (TPSA) is 40.6 Å². The molecule has 108 valence electrons. The highest BCUT2D eigenvalue weighted by atomic mass is 32.1. The van der Waals surface area contributed by atoms with Crippen LogP contribution in [-0.2, 0) is 16.0 Å². The van der Waals surface area contributed by atoms with Crippen molar-refractivity contribution >= 4 is 24.4 Å². The largest absolute Gasteiger partial charge is 0.339 e. The SMILES string of the molecule is CC(=O)N1CCN(C(=O)C(S)Cc2ccccc2)CC1. The molecule has 1 heterocycles. The molecule has 5 heteroatoms. The van der Waals surface area contributed by atoms with Gasteiger partial charge in [-0.2, -0.15) is 12.6 Å².